The first-order valence-electron chi connectivity index (χ1n) is 8.52. The molecule has 2 aromatic carbocycles. The maximum absolute atomic E-state index is 12.9. The van der Waals surface area contributed by atoms with E-state index in [2.05, 4.69) is 5.32 Å². The van der Waals surface area contributed by atoms with Gasteiger partial charge in [-0.1, -0.05) is 18.2 Å². The summed E-state index contributed by atoms with van der Waals surface area (Å²) in [4.78, 5) is 24.0. The summed E-state index contributed by atoms with van der Waals surface area (Å²) in [7, 11) is -3.76. The molecule has 0 aromatic heterocycles. The summed E-state index contributed by atoms with van der Waals surface area (Å²) >= 11 is 0. The van der Waals surface area contributed by atoms with Gasteiger partial charge in [-0.15, -0.1) is 0 Å². The molecule has 1 unspecified atom stereocenters. The average molecular weight is 388 g/mol. The maximum atomic E-state index is 12.9. The number of carboxylic acids is 1. The molecule has 0 radical (unpaired) electrons. The first-order chi connectivity index (χ1) is 12.8. The highest BCUT2D eigenvalue weighted by Crippen LogP contribution is 2.27. The number of sulfonamides is 1. The van der Waals surface area contributed by atoms with Crippen LogP contribution >= 0.6 is 0 Å². The minimum absolute atomic E-state index is 0.155. The number of benzene rings is 2. The summed E-state index contributed by atoms with van der Waals surface area (Å²) in [5.74, 6) is -1.46. The fourth-order valence-electron chi connectivity index (χ4n) is 3.22. The summed E-state index contributed by atoms with van der Waals surface area (Å²) in [5.41, 5.74) is 1.11. The van der Waals surface area contributed by atoms with Gasteiger partial charge in [-0.05, 0) is 55.7 Å². The van der Waals surface area contributed by atoms with E-state index >= 15 is 0 Å². The molecule has 0 saturated carbocycles. The molecule has 0 aliphatic carbocycles. The average Bonchev–Trinajstić information content (AvgIpc) is 3.13. The molecule has 27 heavy (non-hydrogen) atoms. The van der Waals surface area contributed by atoms with E-state index in [0.29, 0.717) is 24.1 Å². The lowest BCUT2D eigenvalue weighted by molar-refractivity contribution is -0.119. The molecule has 0 bridgehead atoms. The molecule has 2 aromatic rings. The van der Waals surface area contributed by atoms with Crippen LogP contribution in [0, 0.1) is 6.92 Å². The summed E-state index contributed by atoms with van der Waals surface area (Å²) in [5, 5.41) is 11.8. The van der Waals surface area contributed by atoms with Gasteiger partial charge in [0, 0.05) is 12.2 Å². The fraction of sp³-hybridized carbons (Fsp3) is 0.263. The van der Waals surface area contributed by atoms with Crippen LogP contribution in [0.1, 0.15) is 28.8 Å². The lowest BCUT2D eigenvalue weighted by Gasteiger charge is -2.23. The Balaban J connectivity index is 1.80. The topological polar surface area (TPSA) is 104 Å². The molecule has 1 amide bonds. The predicted molar refractivity (Wildman–Crippen MR) is 100 cm³/mol. The van der Waals surface area contributed by atoms with Crippen LogP contribution in [-0.2, 0) is 14.8 Å². The first-order valence-corrected chi connectivity index (χ1v) is 9.96. The van der Waals surface area contributed by atoms with E-state index in [9.17, 15) is 18.0 Å². The molecule has 1 aliphatic rings. The van der Waals surface area contributed by atoms with Gasteiger partial charge >= 0.3 is 5.97 Å². The van der Waals surface area contributed by atoms with E-state index in [0.717, 1.165) is 0 Å². The number of nitrogens with zero attached hydrogens (tertiary/aromatic N) is 1. The van der Waals surface area contributed by atoms with Gasteiger partial charge in [0.1, 0.15) is 6.04 Å². The number of aryl methyl sites for hydroxylation is 1. The van der Waals surface area contributed by atoms with Crippen molar-refractivity contribution in [2.75, 3.05) is 11.9 Å². The molecular weight excluding hydrogens is 368 g/mol. The van der Waals surface area contributed by atoms with E-state index < -0.39 is 27.9 Å². The van der Waals surface area contributed by atoms with Crippen molar-refractivity contribution in [3.8, 4) is 0 Å². The molecule has 142 valence electrons. The Morgan fingerprint density at radius 2 is 1.85 bits per heavy atom. The monoisotopic (exact) mass is 388 g/mol. The lowest BCUT2D eigenvalue weighted by Crippen LogP contribution is -2.43. The smallest absolute Gasteiger partial charge is 0.335 e. The highest BCUT2D eigenvalue weighted by atomic mass is 32.2. The summed E-state index contributed by atoms with van der Waals surface area (Å²) in [6, 6.07) is 11.7. The van der Waals surface area contributed by atoms with Gasteiger partial charge in [-0.3, -0.25) is 4.79 Å². The lowest BCUT2D eigenvalue weighted by atomic mass is 10.1. The van der Waals surface area contributed by atoms with Crippen molar-refractivity contribution in [1.29, 1.82) is 0 Å². The summed E-state index contributed by atoms with van der Waals surface area (Å²) < 4.78 is 26.9. The Labute approximate surface area is 157 Å². The van der Waals surface area contributed by atoms with Crippen LogP contribution < -0.4 is 5.32 Å². The van der Waals surface area contributed by atoms with Crippen molar-refractivity contribution in [1.82, 2.24) is 4.31 Å². The molecular formula is C19H20N2O5S. The van der Waals surface area contributed by atoms with Crippen molar-refractivity contribution in [3.63, 3.8) is 0 Å². The zero-order chi connectivity index (χ0) is 19.6. The van der Waals surface area contributed by atoms with E-state index in [1.807, 2.05) is 0 Å². The molecule has 0 spiro atoms. The number of carbonyl (C=O) groups is 2. The Bertz CT molecular complexity index is 973. The number of carboxylic acid groups (broad SMARTS) is 1. The number of rotatable bonds is 5. The predicted octanol–water partition coefficient (Wildman–Crippen LogP) is 2.49. The third kappa shape index (κ3) is 3.86. The highest BCUT2D eigenvalue weighted by molar-refractivity contribution is 7.89. The van der Waals surface area contributed by atoms with Gasteiger partial charge in [0.2, 0.25) is 15.9 Å². The highest BCUT2D eigenvalue weighted by Gasteiger charge is 2.39. The van der Waals surface area contributed by atoms with Gasteiger partial charge < -0.3 is 10.4 Å². The molecule has 2 N–H and O–H groups in total. The zero-order valence-electron chi connectivity index (χ0n) is 14.8. The first kappa shape index (κ1) is 19.1. The van der Waals surface area contributed by atoms with E-state index in [4.69, 9.17) is 5.11 Å². The van der Waals surface area contributed by atoms with Gasteiger partial charge in [0.25, 0.3) is 0 Å². The van der Waals surface area contributed by atoms with E-state index in [-0.39, 0.29) is 17.0 Å². The molecule has 1 saturated heterocycles. The number of hydrogen-bond acceptors (Lipinski definition) is 4. The number of aromatic carboxylic acids is 1. The number of carbonyl (C=O) groups excluding carboxylic acids is 1. The third-order valence-corrected chi connectivity index (χ3v) is 6.50. The summed E-state index contributed by atoms with van der Waals surface area (Å²) in [6.07, 6.45) is 1.03. The van der Waals surface area contributed by atoms with Crippen LogP contribution in [0.4, 0.5) is 5.69 Å². The summed E-state index contributed by atoms with van der Waals surface area (Å²) in [6.45, 7) is 1.92. The van der Waals surface area contributed by atoms with Crippen molar-refractivity contribution in [2.24, 2.45) is 0 Å². The van der Waals surface area contributed by atoms with Gasteiger partial charge in [-0.25, -0.2) is 13.2 Å². The second-order valence-corrected chi connectivity index (χ2v) is 8.30. The SMILES string of the molecule is Cc1cc(NC(=O)C2CCCN2S(=O)(=O)c2ccccc2)ccc1C(=O)O. The van der Waals surface area contributed by atoms with Crippen LogP contribution in [0.25, 0.3) is 0 Å². The molecule has 1 atom stereocenters. The Hall–Kier alpha value is -2.71. The largest absolute Gasteiger partial charge is 0.478 e. The van der Waals surface area contributed by atoms with Gasteiger partial charge in [-0.2, -0.15) is 4.31 Å². The van der Waals surface area contributed by atoms with Crippen molar-refractivity contribution in [2.45, 2.75) is 30.7 Å². The van der Waals surface area contributed by atoms with Crippen LogP contribution in [0.2, 0.25) is 0 Å². The maximum Gasteiger partial charge on any atom is 0.335 e. The second kappa shape index (κ2) is 7.50. The number of nitrogens with one attached hydrogen (secondary N) is 1. The van der Waals surface area contributed by atoms with Crippen molar-refractivity contribution < 1.29 is 23.1 Å². The van der Waals surface area contributed by atoms with Crippen LogP contribution in [0.3, 0.4) is 0 Å². The molecule has 1 heterocycles. The molecule has 1 aliphatic heterocycles. The van der Waals surface area contributed by atoms with Crippen LogP contribution in [0.5, 0.6) is 0 Å². The van der Waals surface area contributed by atoms with Crippen LogP contribution in [-0.4, -0.2) is 42.3 Å². The standard InChI is InChI=1S/C19H20N2O5S/c1-13-12-14(9-10-16(13)19(23)24)20-18(22)17-8-5-11-21(17)27(25,26)15-6-3-2-4-7-15/h2-4,6-7,9-10,12,17H,5,8,11H2,1H3,(H,20,22)(H,23,24). The fourth-order valence-corrected chi connectivity index (χ4v) is 4.90. The zero-order valence-corrected chi connectivity index (χ0v) is 15.6. The van der Waals surface area contributed by atoms with Crippen LogP contribution in [0.15, 0.2) is 53.4 Å². The molecule has 8 heteroatoms. The van der Waals surface area contributed by atoms with Gasteiger partial charge in [0.05, 0.1) is 10.5 Å². The number of anilines is 1. The minimum atomic E-state index is -3.76. The Kier molecular flexibility index (Phi) is 5.29. The molecule has 1 fully saturated rings. The normalized spacial score (nSPS) is 17.6. The van der Waals surface area contributed by atoms with E-state index in [1.165, 1.54) is 28.6 Å². The quantitative estimate of drug-likeness (QED) is 0.819. The Morgan fingerprint density at radius 3 is 2.48 bits per heavy atom. The number of amides is 1. The minimum Gasteiger partial charge on any atom is -0.478 e. The van der Waals surface area contributed by atoms with Crippen molar-refractivity contribution >= 4 is 27.6 Å². The van der Waals surface area contributed by atoms with Crippen molar-refractivity contribution in [3.05, 3.63) is 59.7 Å². The van der Waals surface area contributed by atoms with Gasteiger partial charge in [0.15, 0.2) is 0 Å². The Morgan fingerprint density at radius 1 is 1.15 bits per heavy atom. The number of hydrogen-bond donors (Lipinski definition) is 2. The second-order valence-electron chi connectivity index (χ2n) is 6.41. The third-order valence-electron chi connectivity index (χ3n) is 4.58. The molecule has 7 nitrogen and oxygen atoms in total. The molecule has 3 rings (SSSR count). The van der Waals surface area contributed by atoms with E-state index in [1.54, 1.807) is 31.2 Å².